The van der Waals surface area contributed by atoms with Gasteiger partial charge in [-0.25, -0.2) is 4.79 Å². The van der Waals surface area contributed by atoms with Crippen LogP contribution in [0.2, 0.25) is 0 Å². The number of benzene rings is 2. The maximum absolute atomic E-state index is 11.8. The number of carbonyl (C=O) groups is 1. The van der Waals surface area contributed by atoms with Gasteiger partial charge in [0, 0.05) is 5.56 Å². The van der Waals surface area contributed by atoms with E-state index in [2.05, 4.69) is 12.1 Å². The molecule has 0 N–H and O–H groups in total. The Bertz CT molecular complexity index is 790. The molecule has 0 radical (unpaired) electrons. The molecule has 4 heteroatoms. The lowest BCUT2D eigenvalue weighted by molar-refractivity contribution is -0.136. The molecule has 0 saturated heterocycles. The molecule has 22 heavy (non-hydrogen) atoms. The number of rotatable bonds is 4. The summed E-state index contributed by atoms with van der Waals surface area (Å²) in [4.78, 5) is 16.5. The first-order valence-corrected chi connectivity index (χ1v) is 7.33. The molecule has 0 saturated carbocycles. The van der Waals surface area contributed by atoms with Crippen LogP contribution in [0.1, 0.15) is 25.8 Å². The summed E-state index contributed by atoms with van der Waals surface area (Å²) >= 11 is 0. The molecule has 3 rings (SSSR count). The van der Waals surface area contributed by atoms with Crippen molar-refractivity contribution in [1.29, 1.82) is 0 Å². The quantitative estimate of drug-likeness (QED) is 0.634. The third-order valence-electron chi connectivity index (χ3n) is 3.56. The van der Waals surface area contributed by atoms with Gasteiger partial charge in [-0.2, -0.15) is 0 Å². The Hall–Kier alpha value is -2.62. The van der Waals surface area contributed by atoms with Crippen LogP contribution >= 0.6 is 0 Å². The molecule has 2 aromatic carbocycles. The standard InChI is InChI=1S/C18H17NO3/c1-3-10-21-17-9-8-13-6-4-5-7-14(13)16(17)11-15-12(2)19-22-18(15)20/h4-9,11H,3,10H2,1-2H3/b15-11+. The lowest BCUT2D eigenvalue weighted by Gasteiger charge is -2.12. The van der Waals surface area contributed by atoms with Gasteiger partial charge in [-0.15, -0.1) is 0 Å². The zero-order valence-corrected chi connectivity index (χ0v) is 12.6. The minimum atomic E-state index is -0.424. The molecular weight excluding hydrogens is 278 g/mol. The molecule has 0 fully saturated rings. The number of fused-ring (bicyclic) bond motifs is 1. The van der Waals surface area contributed by atoms with Gasteiger partial charge in [0.05, 0.1) is 17.9 Å². The maximum Gasteiger partial charge on any atom is 0.367 e. The molecule has 0 aliphatic carbocycles. The van der Waals surface area contributed by atoms with Crippen LogP contribution in [0.15, 0.2) is 47.1 Å². The number of hydrogen-bond donors (Lipinski definition) is 0. The van der Waals surface area contributed by atoms with E-state index in [0.29, 0.717) is 17.9 Å². The lowest BCUT2D eigenvalue weighted by atomic mass is 10.00. The fraction of sp³-hybridized carbons (Fsp3) is 0.222. The van der Waals surface area contributed by atoms with Crippen LogP contribution < -0.4 is 4.74 Å². The molecule has 1 aliphatic rings. The highest BCUT2D eigenvalue weighted by molar-refractivity contribution is 6.25. The Morgan fingerprint density at radius 1 is 1.23 bits per heavy atom. The molecule has 0 atom stereocenters. The van der Waals surface area contributed by atoms with Crippen LogP contribution in [0.25, 0.3) is 16.8 Å². The minimum Gasteiger partial charge on any atom is -0.493 e. The van der Waals surface area contributed by atoms with E-state index in [4.69, 9.17) is 9.57 Å². The van der Waals surface area contributed by atoms with Gasteiger partial charge >= 0.3 is 5.97 Å². The summed E-state index contributed by atoms with van der Waals surface area (Å²) in [5, 5.41) is 5.86. The normalized spacial score (nSPS) is 16.0. The summed E-state index contributed by atoms with van der Waals surface area (Å²) in [6.07, 6.45) is 2.73. The van der Waals surface area contributed by atoms with E-state index in [-0.39, 0.29) is 0 Å². The summed E-state index contributed by atoms with van der Waals surface area (Å²) in [6.45, 7) is 4.45. The van der Waals surface area contributed by atoms with E-state index in [1.54, 1.807) is 6.92 Å². The van der Waals surface area contributed by atoms with Gasteiger partial charge in [0.25, 0.3) is 0 Å². The van der Waals surface area contributed by atoms with Gasteiger partial charge < -0.3 is 9.57 Å². The van der Waals surface area contributed by atoms with Crippen molar-refractivity contribution in [2.75, 3.05) is 6.61 Å². The zero-order chi connectivity index (χ0) is 15.5. The van der Waals surface area contributed by atoms with Gasteiger partial charge in [0.1, 0.15) is 5.75 Å². The average Bonchev–Trinajstić information content (AvgIpc) is 2.86. The average molecular weight is 295 g/mol. The van der Waals surface area contributed by atoms with Crippen LogP contribution in [0.4, 0.5) is 0 Å². The van der Waals surface area contributed by atoms with Crippen LogP contribution in [0.3, 0.4) is 0 Å². The smallest absolute Gasteiger partial charge is 0.367 e. The molecular formula is C18H17NO3. The van der Waals surface area contributed by atoms with Crippen LogP contribution in [-0.4, -0.2) is 18.3 Å². The lowest BCUT2D eigenvalue weighted by Crippen LogP contribution is -2.03. The van der Waals surface area contributed by atoms with Crippen molar-refractivity contribution in [3.63, 3.8) is 0 Å². The van der Waals surface area contributed by atoms with Crippen molar-refractivity contribution in [2.45, 2.75) is 20.3 Å². The Balaban J connectivity index is 2.18. The van der Waals surface area contributed by atoms with Crippen LogP contribution in [0.5, 0.6) is 5.75 Å². The fourth-order valence-corrected chi connectivity index (χ4v) is 2.43. The zero-order valence-electron chi connectivity index (χ0n) is 12.6. The second kappa shape index (κ2) is 6.02. The van der Waals surface area contributed by atoms with Crippen molar-refractivity contribution in [2.24, 2.45) is 5.16 Å². The number of oxime groups is 1. The summed E-state index contributed by atoms with van der Waals surface area (Å²) in [5.41, 5.74) is 1.94. The van der Waals surface area contributed by atoms with E-state index >= 15 is 0 Å². The third kappa shape index (κ3) is 2.60. The molecule has 112 valence electrons. The van der Waals surface area contributed by atoms with E-state index < -0.39 is 5.97 Å². The molecule has 0 amide bonds. The van der Waals surface area contributed by atoms with Gasteiger partial charge in [-0.1, -0.05) is 42.4 Å². The highest BCUT2D eigenvalue weighted by atomic mass is 16.7. The Kier molecular flexibility index (Phi) is 3.92. The van der Waals surface area contributed by atoms with E-state index in [9.17, 15) is 4.79 Å². The van der Waals surface area contributed by atoms with Crippen LogP contribution in [-0.2, 0) is 9.63 Å². The van der Waals surface area contributed by atoms with Crippen molar-refractivity contribution < 1.29 is 14.4 Å². The van der Waals surface area contributed by atoms with E-state index in [1.165, 1.54) is 0 Å². The maximum atomic E-state index is 11.8. The molecule has 1 aliphatic heterocycles. The number of nitrogens with zero attached hydrogens (tertiary/aromatic N) is 1. The predicted octanol–water partition coefficient (Wildman–Crippen LogP) is 3.94. The third-order valence-corrected chi connectivity index (χ3v) is 3.56. The molecule has 1 heterocycles. The summed E-state index contributed by atoms with van der Waals surface area (Å²) in [6, 6.07) is 12.0. The Morgan fingerprint density at radius 3 is 2.77 bits per heavy atom. The monoisotopic (exact) mass is 295 g/mol. The SMILES string of the molecule is CCCOc1ccc2ccccc2c1/C=C1/C(=O)ON=C1C. The Labute approximate surface area is 129 Å². The number of hydrogen-bond acceptors (Lipinski definition) is 4. The molecule has 4 nitrogen and oxygen atoms in total. The fourth-order valence-electron chi connectivity index (χ4n) is 2.43. The topological polar surface area (TPSA) is 47.9 Å². The summed E-state index contributed by atoms with van der Waals surface area (Å²) in [5.74, 6) is 0.340. The van der Waals surface area contributed by atoms with Crippen molar-refractivity contribution in [3.8, 4) is 5.75 Å². The van der Waals surface area contributed by atoms with Gasteiger partial charge in [0.2, 0.25) is 0 Å². The highest BCUT2D eigenvalue weighted by Gasteiger charge is 2.23. The predicted molar refractivity (Wildman–Crippen MR) is 86.9 cm³/mol. The van der Waals surface area contributed by atoms with Gasteiger partial charge in [-0.3, -0.25) is 0 Å². The molecule has 0 spiro atoms. The Morgan fingerprint density at radius 2 is 2.05 bits per heavy atom. The van der Waals surface area contributed by atoms with Gasteiger partial charge in [0.15, 0.2) is 0 Å². The molecule has 2 aromatic rings. The van der Waals surface area contributed by atoms with Crippen molar-refractivity contribution in [3.05, 3.63) is 47.5 Å². The molecule has 0 bridgehead atoms. The minimum absolute atomic E-state index is 0.424. The van der Waals surface area contributed by atoms with Crippen molar-refractivity contribution in [1.82, 2.24) is 0 Å². The number of carbonyl (C=O) groups excluding carboxylic acids is 1. The first-order chi connectivity index (χ1) is 10.7. The van der Waals surface area contributed by atoms with Crippen LogP contribution in [0, 0.1) is 0 Å². The molecule has 0 aromatic heterocycles. The van der Waals surface area contributed by atoms with E-state index in [1.807, 2.05) is 42.5 Å². The first kappa shape index (κ1) is 14.3. The second-order valence-electron chi connectivity index (χ2n) is 5.16. The second-order valence-corrected chi connectivity index (χ2v) is 5.16. The highest BCUT2D eigenvalue weighted by Crippen LogP contribution is 2.31. The van der Waals surface area contributed by atoms with Gasteiger partial charge in [-0.05, 0) is 36.3 Å². The number of ether oxygens (including phenoxy) is 1. The van der Waals surface area contributed by atoms with Crippen molar-refractivity contribution >= 4 is 28.5 Å². The first-order valence-electron chi connectivity index (χ1n) is 7.33. The largest absolute Gasteiger partial charge is 0.493 e. The summed E-state index contributed by atoms with van der Waals surface area (Å²) in [7, 11) is 0. The molecule has 0 unspecified atom stereocenters. The summed E-state index contributed by atoms with van der Waals surface area (Å²) < 4.78 is 5.84. The van der Waals surface area contributed by atoms with E-state index in [0.717, 1.165) is 28.5 Å².